The molecule has 0 aliphatic heterocycles. The van der Waals surface area contributed by atoms with Gasteiger partial charge in [-0.2, -0.15) is 0 Å². The van der Waals surface area contributed by atoms with Crippen LogP contribution in [0.3, 0.4) is 0 Å². The first-order chi connectivity index (χ1) is 30.0. The van der Waals surface area contributed by atoms with Crippen molar-refractivity contribution < 1.29 is 0 Å². The Labute approximate surface area is 366 Å². The molecule has 0 bridgehead atoms. The number of benzene rings is 9. The molecular weight excluding hydrogens is 747 g/mol. The van der Waals surface area contributed by atoms with Gasteiger partial charge < -0.3 is 4.90 Å². The number of nitrogens with zero attached hydrogens (tertiary/aromatic N) is 1. The molecule has 0 amide bonds. The predicted octanol–water partition coefficient (Wildman–Crippen LogP) is 16.6. The molecule has 0 spiro atoms. The van der Waals surface area contributed by atoms with Crippen LogP contribution < -0.4 is 4.90 Å². The van der Waals surface area contributed by atoms with Gasteiger partial charge in [0.25, 0.3) is 0 Å². The molecular formula is C61H49N. The van der Waals surface area contributed by atoms with Crippen molar-refractivity contribution in [3.63, 3.8) is 0 Å². The molecule has 0 saturated carbocycles. The van der Waals surface area contributed by atoms with Gasteiger partial charge in [-0.15, -0.1) is 0 Å². The second-order valence-electron chi connectivity index (χ2n) is 19.3. The predicted molar refractivity (Wildman–Crippen MR) is 262 cm³/mol. The summed E-state index contributed by atoms with van der Waals surface area (Å²) < 4.78 is 0. The van der Waals surface area contributed by atoms with Crippen molar-refractivity contribution in [3.05, 3.63) is 221 Å². The minimum Gasteiger partial charge on any atom is -0.310 e. The second kappa shape index (κ2) is 13.0. The number of fused-ring (bicyclic) bond motifs is 10. The third kappa shape index (κ3) is 5.15. The van der Waals surface area contributed by atoms with Crippen LogP contribution in [0, 0.1) is 0 Å². The van der Waals surface area contributed by atoms with E-state index in [1.165, 1.54) is 111 Å². The van der Waals surface area contributed by atoms with E-state index >= 15 is 0 Å². The summed E-state index contributed by atoms with van der Waals surface area (Å²) in [6.07, 6.45) is 0. The van der Waals surface area contributed by atoms with Gasteiger partial charge in [-0.25, -0.2) is 0 Å². The first-order valence-electron chi connectivity index (χ1n) is 22.2. The molecule has 9 aromatic carbocycles. The highest BCUT2D eigenvalue weighted by Gasteiger charge is 2.39. The average Bonchev–Trinajstić information content (AvgIpc) is 3.78. The fourth-order valence-corrected chi connectivity index (χ4v) is 11.6. The minimum atomic E-state index is -0.110. The zero-order valence-electron chi connectivity index (χ0n) is 36.3. The molecule has 0 fully saturated rings. The minimum absolute atomic E-state index is 0.0753. The molecule has 0 aromatic heterocycles. The first-order valence-corrected chi connectivity index (χ1v) is 22.2. The standard InChI is InChI=1S/C61H49N/c1-59(2)51-23-12-9-20-46(51)48-32-30-43(36-54(48)59)62(44-31-33-49-47-21-10-13-24-52(47)60(3,4)55(49)37-44)42-18-15-17-40(34-42)38-26-28-39(29-27-38)57-45-19-8-7-16-41(45)35-56-58(57)50-22-11-14-25-53(50)61(56,5)6/h7-37H,1-6H3. The summed E-state index contributed by atoms with van der Waals surface area (Å²) in [5, 5.41) is 2.59. The van der Waals surface area contributed by atoms with E-state index < -0.39 is 0 Å². The maximum absolute atomic E-state index is 2.48. The normalized spacial score (nSPS) is 15.3. The molecule has 3 aliphatic rings. The van der Waals surface area contributed by atoms with Crippen LogP contribution in [-0.2, 0) is 16.2 Å². The van der Waals surface area contributed by atoms with E-state index in [1.54, 1.807) is 0 Å². The lowest BCUT2D eigenvalue weighted by Crippen LogP contribution is -2.18. The third-order valence-electron chi connectivity index (χ3n) is 14.9. The molecule has 0 saturated heterocycles. The Morgan fingerprint density at radius 2 is 0.758 bits per heavy atom. The summed E-state index contributed by atoms with van der Waals surface area (Å²) in [6, 6.07) is 70.9. The highest BCUT2D eigenvalue weighted by Crippen LogP contribution is 2.56. The Bertz CT molecular complexity index is 3210. The van der Waals surface area contributed by atoms with Gasteiger partial charge >= 0.3 is 0 Å². The monoisotopic (exact) mass is 795 g/mol. The number of rotatable bonds is 5. The SMILES string of the molecule is CC1(C)c2ccccc2-c2ccc(N(c3cccc(-c4ccc(-c5c6c(cc7ccccc57)C(C)(C)c5ccccc5-6)cc4)c3)c3ccc4c(c3)C(C)(C)c3ccccc3-4)cc21. The lowest BCUT2D eigenvalue weighted by Gasteiger charge is -2.30. The fourth-order valence-electron chi connectivity index (χ4n) is 11.6. The maximum Gasteiger partial charge on any atom is 0.0467 e. The maximum atomic E-state index is 2.48. The number of hydrogen-bond donors (Lipinski definition) is 0. The Balaban J connectivity index is 0.992. The summed E-state index contributed by atoms with van der Waals surface area (Å²) in [6.45, 7) is 14.2. The van der Waals surface area contributed by atoms with E-state index in [0.29, 0.717) is 0 Å². The highest BCUT2D eigenvalue weighted by molar-refractivity contribution is 6.08. The van der Waals surface area contributed by atoms with Gasteiger partial charge in [0.1, 0.15) is 0 Å². The molecule has 62 heavy (non-hydrogen) atoms. The van der Waals surface area contributed by atoms with Crippen LogP contribution in [0.25, 0.3) is 66.4 Å². The van der Waals surface area contributed by atoms with Crippen LogP contribution >= 0.6 is 0 Å². The Morgan fingerprint density at radius 1 is 0.290 bits per heavy atom. The lowest BCUT2D eigenvalue weighted by molar-refractivity contribution is 0.660. The third-order valence-corrected chi connectivity index (χ3v) is 14.9. The zero-order chi connectivity index (χ0) is 42.1. The van der Waals surface area contributed by atoms with E-state index in [2.05, 4.69) is 234 Å². The van der Waals surface area contributed by atoms with E-state index in [4.69, 9.17) is 0 Å². The Hall–Kier alpha value is -6.96. The van der Waals surface area contributed by atoms with Crippen molar-refractivity contribution in [3.8, 4) is 55.6 Å². The molecule has 12 rings (SSSR count). The first kappa shape index (κ1) is 36.9. The molecule has 1 heteroatoms. The molecule has 0 heterocycles. The van der Waals surface area contributed by atoms with Gasteiger partial charge in [-0.05, 0) is 142 Å². The Kier molecular flexibility index (Phi) is 7.74. The summed E-state index contributed by atoms with van der Waals surface area (Å²) in [4.78, 5) is 2.48. The summed E-state index contributed by atoms with van der Waals surface area (Å²) >= 11 is 0. The van der Waals surface area contributed by atoms with Crippen molar-refractivity contribution in [2.45, 2.75) is 57.8 Å². The molecule has 298 valence electrons. The molecule has 0 N–H and O–H groups in total. The lowest BCUT2D eigenvalue weighted by atomic mass is 9.80. The van der Waals surface area contributed by atoms with Gasteiger partial charge in [0.15, 0.2) is 0 Å². The molecule has 0 unspecified atom stereocenters. The van der Waals surface area contributed by atoms with Crippen LogP contribution in [0.15, 0.2) is 188 Å². The van der Waals surface area contributed by atoms with E-state index in [9.17, 15) is 0 Å². The molecule has 0 atom stereocenters. The van der Waals surface area contributed by atoms with Gasteiger partial charge in [0.05, 0.1) is 0 Å². The van der Waals surface area contributed by atoms with Crippen molar-refractivity contribution in [1.82, 2.24) is 0 Å². The largest absolute Gasteiger partial charge is 0.310 e. The van der Waals surface area contributed by atoms with Crippen molar-refractivity contribution in [2.75, 3.05) is 4.90 Å². The number of anilines is 3. The van der Waals surface area contributed by atoms with Crippen molar-refractivity contribution in [1.29, 1.82) is 0 Å². The van der Waals surface area contributed by atoms with Gasteiger partial charge in [-0.3, -0.25) is 0 Å². The van der Waals surface area contributed by atoms with Crippen LogP contribution in [0.2, 0.25) is 0 Å². The fraction of sp³-hybridized carbons (Fsp3) is 0.148. The quantitative estimate of drug-likeness (QED) is 0.168. The van der Waals surface area contributed by atoms with E-state index in [0.717, 1.165) is 5.69 Å². The van der Waals surface area contributed by atoms with Gasteiger partial charge in [0.2, 0.25) is 0 Å². The summed E-state index contributed by atoms with van der Waals surface area (Å²) in [7, 11) is 0. The smallest absolute Gasteiger partial charge is 0.0467 e. The molecule has 1 nitrogen and oxygen atoms in total. The molecule has 0 radical (unpaired) electrons. The zero-order valence-corrected chi connectivity index (χ0v) is 36.3. The van der Waals surface area contributed by atoms with Crippen LogP contribution in [0.1, 0.15) is 74.9 Å². The summed E-state index contributed by atoms with van der Waals surface area (Å²) in [5.41, 5.74) is 24.5. The highest BCUT2D eigenvalue weighted by atomic mass is 15.1. The van der Waals surface area contributed by atoms with E-state index in [1.807, 2.05) is 0 Å². The van der Waals surface area contributed by atoms with Crippen LogP contribution in [0.4, 0.5) is 17.1 Å². The second-order valence-corrected chi connectivity index (χ2v) is 19.3. The topological polar surface area (TPSA) is 3.24 Å². The molecule has 3 aliphatic carbocycles. The van der Waals surface area contributed by atoms with E-state index in [-0.39, 0.29) is 16.2 Å². The van der Waals surface area contributed by atoms with Gasteiger partial charge in [0, 0.05) is 33.3 Å². The number of hydrogen-bond acceptors (Lipinski definition) is 1. The summed E-state index contributed by atoms with van der Waals surface area (Å²) in [5.74, 6) is 0. The average molecular weight is 796 g/mol. The Morgan fingerprint density at radius 3 is 1.37 bits per heavy atom. The van der Waals surface area contributed by atoms with Crippen molar-refractivity contribution in [2.24, 2.45) is 0 Å². The van der Waals surface area contributed by atoms with Gasteiger partial charge in [-0.1, -0.05) is 187 Å². The molecule has 9 aromatic rings. The van der Waals surface area contributed by atoms with Crippen LogP contribution in [-0.4, -0.2) is 0 Å². The van der Waals surface area contributed by atoms with Crippen LogP contribution in [0.5, 0.6) is 0 Å². The van der Waals surface area contributed by atoms with Crippen molar-refractivity contribution >= 4 is 27.8 Å².